The van der Waals surface area contributed by atoms with Gasteiger partial charge in [-0.15, -0.1) is 0 Å². The molecule has 0 N–H and O–H groups in total. The van der Waals surface area contributed by atoms with Crippen LogP contribution in [0.3, 0.4) is 0 Å². The summed E-state index contributed by atoms with van der Waals surface area (Å²) in [5.74, 6) is -1.38. The van der Waals surface area contributed by atoms with Gasteiger partial charge in [-0.25, -0.2) is 8.78 Å². The van der Waals surface area contributed by atoms with Crippen molar-refractivity contribution in [3.63, 3.8) is 0 Å². The number of carbonyl (C=O) groups excluding carboxylic acids is 1. The molecule has 6 rings (SSSR count). The maximum absolute atomic E-state index is 14.2. The number of carbonyl (C=O) groups is 1. The molecule has 0 spiro atoms. The third kappa shape index (κ3) is 5.02. The van der Waals surface area contributed by atoms with Gasteiger partial charge in [-0.3, -0.25) is 4.79 Å². The molecular weight excluding hydrogens is 542 g/mol. The fourth-order valence-electron chi connectivity index (χ4n) is 5.21. The molecule has 2 heterocycles. The van der Waals surface area contributed by atoms with E-state index in [1.54, 1.807) is 24.3 Å². The number of rotatable bonds is 5. The van der Waals surface area contributed by atoms with Crippen LogP contribution in [0.1, 0.15) is 45.1 Å². The molecule has 0 saturated carbocycles. The maximum Gasteiger partial charge on any atom is 0.282 e. The van der Waals surface area contributed by atoms with Crippen LogP contribution in [0, 0.1) is 18.6 Å². The number of benzene rings is 4. The van der Waals surface area contributed by atoms with E-state index < -0.39 is 33.5 Å². The Hall–Kier alpha value is -4.69. The molecule has 0 amide bonds. The topological polar surface area (TPSA) is 66.8 Å². The molecule has 0 saturated heterocycles. The van der Waals surface area contributed by atoms with E-state index in [9.17, 15) is 22.0 Å². The van der Waals surface area contributed by atoms with E-state index in [-0.39, 0.29) is 28.2 Å². The lowest BCUT2D eigenvalue weighted by atomic mass is 9.82. The molecule has 2 aliphatic rings. The highest BCUT2D eigenvalue weighted by molar-refractivity contribution is 7.90. The zero-order chi connectivity index (χ0) is 28.7. The van der Waals surface area contributed by atoms with E-state index in [0.717, 1.165) is 16.7 Å². The molecule has 41 heavy (non-hydrogen) atoms. The van der Waals surface area contributed by atoms with Gasteiger partial charge in [0.15, 0.2) is 5.78 Å². The Morgan fingerprint density at radius 1 is 0.854 bits per heavy atom. The molecule has 8 heteroatoms. The van der Waals surface area contributed by atoms with Crippen molar-refractivity contribution in [3.05, 3.63) is 148 Å². The van der Waals surface area contributed by atoms with Gasteiger partial charge in [0.2, 0.25) is 0 Å². The number of ketones is 1. The number of Topliss-reactive ketones (excluding diaryl/α,β-unsaturated/α-hetero) is 1. The van der Waals surface area contributed by atoms with Crippen molar-refractivity contribution in [2.24, 2.45) is 4.40 Å². The van der Waals surface area contributed by atoms with Crippen molar-refractivity contribution in [1.82, 2.24) is 4.90 Å². The van der Waals surface area contributed by atoms with Crippen molar-refractivity contribution in [3.8, 4) is 0 Å². The fraction of sp³-hybridized carbons (Fsp3) is 0.0909. The van der Waals surface area contributed by atoms with E-state index in [4.69, 9.17) is 0 Å². The maximum atomic E-state index is 14.2. The highest BCUT2D eigenvalue weighted by Crippen LogP contribution is 2.45. The Kier molecular flexibility index (Phi) is 6.71. The van der Waals surface area contributed by atoms with Crippen LogP contribution in [0.5, 0.6) is 0 Å². The van der Waals surface area contributed by atoms with Gasteiger partial charge in [-0.2, -0.15) is 12.8 Å². The summed E-state index contributed by atoms with van der Waals surface area (Å²) in [5, 5.41) is 0. The molecule has 0 aromatic heterocycles. The molecule has 0 aliphatic carbocycles. The van der Waals surface area contributed by atoms with E-state index in [2.05, 4.69) is 4.40 Å². The summed E-state index contributed by atoms with van der Waals surface area (Å²) in [5.41, 5.74) is 4.03. The predicted octanol–water partition coefficient (Wildman–Crippen LogP) is 7.13. The van der Waals surface area contributed by atoms with Crippen molar-refractivity contribution >= 4 is 33.3 Å². The van der Waals surface area contributed by atoms with Crippen LogP contribution >= 0.6 is 0 Å². The Bertz CT molecular complexity index is 1860. The number of halogens is 2. The second kappa shape index (κ2) is 10.4. The third-order valence-corrected chi connectivity index (χ3v) is 8.60. The molecule has 4 aromatic rings. The minimum Gasteiger partial charge on any atom is -0.339 e. The lowest BCUT2D eigenvalue weighted by Gasteiger charge is -2.41. The average molecular weight is 567 g/mol. The minimum atomic E-state index is -4.21. The largest absolute Gasteiger partial charge is 0.339 e. The van der Waals surface area contributed by atoms with Gasteiger partial charge < -0.3 is 4.90 Å². The average Bonchev–Trinajstić information content (AvgIpc) is 2.97. The summed E-state index contributed by atoms with van der Waals surface area (Å²) in [4.78, 5) is 16.1. The van der Waals surface area contributed by atoms with Gasteiger partial charge in [-0.1, -0.05) is 54.1 Å². The van der Waals surface area contributed by atoms with Crippen molar-refractivity contribution in [2.45, 2.75) is 24.3 Å². The van der Waals surface area contributed by atoms with Gasteiger partial charge in [0, 0.05) is 23.7 Å². The summed E-state index contributed by atoms with van der Waals surface area (Å²) in [6.45, 7) is 1.85. The van der Waals surface area contributed by atoms with Crippen molar-refractivity contribution in [2.75, 3.05) is 0 Å². The molecule has 0 fully saturated rings. The van der Waals surface area contributed by atoms with Crippen LogP contribution in [-0.2, 0) is 10.0 Å². The zero-order valence-corrected chi connectivity index (χ0v) is 22.8. The molecule has 1 unspecified atom stereocenters. The highest BCUT2D eigenvalue weighted by atomic mass is 32.2. The summed E-state index contributed by atoms with van der Waals surface area (Å²) < 4.78 is 59.1. The second-order valence-electron chi connectivity index (χ2n) is 9.97. The molecular formula is C33H24F2N2O3S. The Morgan fingerprint density at radius 2 is 1.49 bits per heavy atom. The first kappa shape index (κ1) is 26.5. The fourth-order valence-corrected chi connectivity index (χ4v) is 6.26. The van der Waals surface area contributed by atoms with Crippen molar-refractivity contribution in [1.29, 1.82) is 0 Å². The number of nitrogens with zero attached hydrogens (tertiary/aromatic N) is 2. The van der Waals surface area contributed by atoms with Crippen molar-refractivity contribution < 1.29 is 22.0 Å². The van der Waals surface area contributed by atoms with E-state index in [0.29, 0.717) is 11.3 Å². The van der Waals surface area contributed by atoms with Crippen LogP contribution in [-0.4, -0.2) is 24.8 Å². The van der Waals surface area contributed by atoms with Crippen LogP contribution in [0.15, 0.2) is 118 Å². The van der Waals surface area contributed by atoms with Gasteiger partial charge in [0.1, 0.15) is 11.6 Å². The number of sulfonamides is 1. The molecule has 2 aliphatic heterocycles. The Labute approximate surface area is 236 Å². The molecule has 4 aromatic carbocycles. The molecule has 0 radical (unpaired) electrons. The predicted molar refractivity (Wildman–Crippen MR) is 155 cm³/mol. The standard InChI is InChI=1S/C33H24F2N2O3S/c1-21-6-16-27(17-7-21)41(39,40)36-29-20-30(23-8-12-25(34)13-9-23)37-19-18-22-4-2-3-5-28(22)32(37)31(29)33(38)24-10-14-26(35)15-11-24/h2-19,30H,20H2,1H3. The van der Waals surface area contributed by atoms with Crippen LogP contribution in [0.25, 0.3) is 11.8 Å². The quantitative estimate of drug-likeness (QED) is 0.241. The van der Waals surface area contributed by atoms with Gasteiger partial charge >= 0.3 is 0 Å². The van der Waals surface area contributed by atoms with E-state index in [1.807, 2.05) is 48.4 Å². The highest BCUT2D eigenvalue weighted by Gasteiger charge is 2.39. The number of aryl methyl sites for hydroxylation is 1. The summed E-state index contributed by atoms with van der Waals surface area (Å²) in [6, 6.07) is 24.4. The SMILES string of the molecule is Cc1ccc(S(=O)(=O)N=C2CC(c3ccc(F)cc3)N3C=Cc4ccccc4C3=C2C(=O)c2ccc(F)cc2)cc1. The van der Waals surface area contributed by atoms with Crippen LogP contribution in [0.4, 0.5) is 8.78 Å². The first-order valence-electron chi connectivity index (χ1n) is 13.0. The minimum absolute atomic E-state index is 0.00103. The normalized spacial score (nSPS) is 17.4. The number of hydrogen-bond donors (Lipinski definition) is 0. The summed E-state index contributed by atoms with van der Waals surface area (Å²) in [7, 11) is -4.21. The number of allylic oxidation sites excluding steroid dienone is 1. The molecule has 204 valence electrons. The van der Waals surface area contributed by atoms with Gasteiger partial charge in [-0.05, 0) is 72.7 Å². The molecule has 0 bridgehead atoms. The molecule has 5 nitrogen and oxygen atoms in total. The Balaban J connectivity index is 1.63. The smallest absolute Gasteiger partial charge is 0.282 e. The number of hydrogen-bond acceptors (Lipinski definition) is 4. The first-order chi connectivity index (χ1) is 19.7. The zero-order valence-electron chi connectivity index (χ0n) is 22.0. The van der Waals surface area contributed by atoms with E-state index >= 15 is 0 Å². The lowest BCUT2D eigenvalue weighted by molar-refractivity contribution is 0.103. The Morgan fingerprint density at radius 3 is 2.17 bits per heavy atom. The van der Waals surface area contributed by atoms with Gasteiger partial charge in [0.05, 0.1) is 27.9 Å². The number of fused-ring (bicyclic) bond motifs is 3. The first-order valence-corrected chi connectivity index (χ1v) is 14.4. The summed E-state index contributed by atoms with van der Waals surface area (Å²) in [6.07, 6.45) is 3.81. The molecule has 1 atom stereocenters. The summed E-state index contributed by atoms with van der Waals surface area (Å²) >= 11 is 0. The van der Waals surface area contributed by atoms with Crippen LogP contribution in [0.2, 0.25) is 0 Å². The lowest BCUT2D eigenvalue weighted by Crippen LogP contribution is -2.36. The monoisotopic (exact) mass is 566 g/mol. The second-order valence-corrected chi connectivity index (χ2v) is 11.6. The van der Waals surface area contributed by atoms with E-state index in [1.165, 1.54) is 48.5 Å². The third-order valence-electron chi connectivity index (χ3n) is 7.27. The van der Waals surface area contributed by atoms with Gasteiger partial charge in [0.25, 0.3) is 10.0 Å². The van der Waals surface area contributed by atoms with Crippen LogP contribution < -0.4 is 0 Å².